The van der Waals surface area contributed by atoms with Crippen LogP contribution >= 0.6 is 0 Å². The zero-order valence-electron chi connectivity index (χ0n) is 13.0. The monoisotopic (exact) mass is 310 g/mol. The number of nitrogens with one attached hydrogen (secondary N) is 1. The van der Waals surface area contributed by atoms with Crippen LogP contribution in [-0.2, 0) is 0 Å². The van der Waals surface area contributed by atoms with Crippen molar-refractivity contribution in [2.24, 2.45) is 5.73 Å². The molecule has 0 unspecified atom stereocenters. The lowest BCUT2D eigenvalue weighted by atomic mass is 10.1. The van der Waals surface area contributed by atoms with Crippen molar-refractivity contribution in [3.05, 3.63) is 59.9 Å². The predicted octanol–water partition coefficient (Wildman–Crippen LogP) is 2.54. The Kier molecular flexibility index (Phi) is 4.25. The van der Waals surface area contributed by atoms with E-state index in [1.165, 1.54) is 0 Å². The van der Waals surface area contributed by atoms with E-state index in [0.29, 0.717) is 11.6 Å². The minimum atomic E-state index is -0.392. The normalized spacial score (nSPS) is 12.0. The maximum Gasteiger partial charge on any atom is 0.184 e. The summed E-state index contributed by atoms with van der Waals surface area (Å²) in [5.41, 5.74) is 8.01. The van der Waals surface area contributed by atoms with Gasteiger partial charge in [-0.15, -0.1) is 0 Å². The van der Waals surface area contributed by atoms with E-state index in [9.17, 15) is 0 Å². The Morgan fingerprint density at radius 3 is 2.43 bits per heavy atom. The second-order valence-electron chi connectivity index (χ2n) is 5.00. The summed E-state index contributed by atoms with van der Waals surface area (Å²) in [5.74, 6) is 2.65. The lowest BCUT2D eigenvalue weighted by Crippen LogP contribution is -2.13. The van der Waals surface area contributed by atoms with Gasteiger partial charge in [0.1, 0.15) is 17.3 Å². The summed E-state index contributed by atoms with van der Waals surface area (Å²) in [5, 5.41) is 7.16. The van der Waals surface area contributed by atoms with E-state index in [1.54, 1.807) is 14.2 Å². The SMILES string of the molecule is COc1ccc([C@@H](N)c2nc(-c3ccccc3OC)n[nH]2)cc1. The average Bonchev–Trinajstić information content (AvgIpc) is 3.11. The third-order valence-electron chi connectivity index (χ3n) is 3.62. The highest BCUT2D eigenvalue weighted by Crippen LogP contribution is 2.28. The van der Waals surface area contributed by atoms with E-state index >= 15 is 0 Å². The van der Waals surface area contributed by atoms with Crippen LogP contribution in [0.25, 0.3) is 11.4 Å². The Hall–Kier alpha value is -2.86. The van der Waals surface area contributed by atoms with Crippen molar-refractivity contribution in [3.8, 4) is 22.9 Å². The first-order chi connectivity index (χ1) is 11.2. The molecule has 0 saturated carbocycles. The lowest BCUT2D eigenvalue weighted by molar-refractivity contribution is 0.414. The van der Waals surface area contributed by atoms with E-state index in [2.05, 4.69) is 15.2 Å². The lowest BCUT2D eigenvalue weighted by Gasteiger charge is -2.09. The van der Waals surface area contributed by atoms with Crippen LogP contribution in [0, 0.1) is 0 Å². The molecule has 2 aromatic carbocycles. The number of hydrogen-bond acceptors (Lipinski definition) is 5. The van der Waals surface area contributed by atoms with Crippen LogP contribution in [0.3, 0.4) is 0 Å². The highest BCUT2D eigenvalue weighted by molar-refractivity contribution is 5.63. The van der Waals surface area contributed by atoms with Gasteiger partial charge in [0, 0.05) is 0 Å². The molecule has 1 aromatic heterocycles. The zero-order chi connectivity index (χ0) is 16.2. The van der Waals surface area contributed by atoms with Gasteiger partial charge in [-0.3, -0.25) is 5.10 Å². The number of para-hydroxylation sites is 1. The molecule has 0 aliphatic rings. The van der Waals surface area contributed by atoms with Gasteiger partial charge in [-0.05, 0) is 29.8 Å². The van der Waals surface area contributed by atoms with Gasteiger partial charge >= 0.3 is 0 Å². The smallest absolute Gasteiger partial charge is 0.184 e. The van der Waals surface area contributed by atoms with Crippen LogP contribution in [0.4, 0.5) is 0 Å². The predicted molar refractivity (Wildman–Crippen MR) is 87.4 cm³/mol. The molecular formula is C17H18N4O2. The summed E-state index contributed by atoms with van der Waals surface area (Å²) in [6, 6.07) is 14.8. The standard InChI is InChI=1S/C17H18N4O2/c1-22-12-9-7-11(8-10-12)15(18)17-19-16(20-21-17)13-5-3-4-6-14(13)23-2/h3-10,15H,18H2,1-2H3,(H,19,20,21)/t15-/m1/s1. The largest absolute Gasteiger partial charge is 0.497 e. The second-order valence-corrected chi connectivity index (χ2v) is 5.00. The summed E-state index contributed by atoms with van der Waals surface area (Å²) < 4.78 is 10.5. The third-order valence-corrected chi connectivity index (χ3v) is 3.62. The van der Waals surface area contributed by atoms with Gasteiger partial charge in [-0.25, -0.2) is 4.98 Å². The molecule has 0 bridgehead atoms. The van der Waals surface area contributed by atoms with E-state index < -0.39 is 6.04 Å². The molecule has 1 atom stereocenters. The molecule has 0 spiro atoms. The number of H-pyrrole nitrogens is 1. The van der Waals surface area contributed by atoms with E-state index in [4.69, 9.17) is 15.2 Å². The van der Waals surface area contributed by atoms with Gasteiger partial charge < -0.3 is 15.2 Å². The van der Waals surface area contributed by atoms with Crippen LogP contribution in [0.1, 0.15) is 17.4 Å². The van der Waals surface area contributed by atoms with Crippen LogP contribution < -0.4 is 15.2 Å². The van der Waals surface area contributed by atoms with Crippen molar-refractivity contribution in [2.45, 2.75) is 6.04 Å². The van der Waals surface area contributed by atoms with Crippen LogP contribution in [0.2, 0.25) is 0 Å². The average molecular weight is 310 g/mol. The van der Waals surface area contributed by atoms with Crippen LogP contribution in [0.5, 0.6) is 11.5 Å². The first kappa shape index (κ1) is 15.1. The summed E-state index contributed by atoms with van der Waals surface area (Å²) in [6.45, 7) is 0. The quantitative estimate of drug-likeness (QED) is 0.756. The zero-order valence-corrected chi connectivity index (χ0v) is 13.0. The van der Waals surface area contributed by atoms with Crippen molar-refractivity contribution in [3.63, 3.8) is 0 Å². The van der Waals surface area contributed by atoms with Gasteiger partial charge in [-0.2, -0.15) is 5.10 Å². The first-order valence-electron chi connectivity index (χ1n) is 7.18. The van der Waals surface area contributed by atoms with Crippen molar-refractivity contribution in [1.82, 2.24) is 15.2 Å². The molecule has 0 aliphatic heterocycles. The number of hydrogen-bond donors (Lipinski definition) is 2. The van der Waals surface area contributed by atoms with E-state index in [0.717, 1.165) is 22.6 Å². The molecule has 6 nitrogen and oxygen atoms in total. The maximum atomic E-state index is 6.26. The molecule has 0 radical (unpaired) electrons. The third kappa shape index (κ3) is 3.02. The molecule has 3 rings (SSSR count). The Morgan fingerprint density at radius 1 is 1.00 bits per heavy atom. The van der Waals surface area contributed by atoms with Gasteiger partial charge in [0.2, 0.25) is 0 Å². The minimum absolute atomic E-state index is 0.392. The fraction of sp³-hybridized carbons (Fsp3) is 0.176. The highest BCUT2D eigenvalue weighted by Gasteiger charge is 2.16. The van der Waals surface area contributed by atoms with Gasteiger partial charge in [0.25, 0.3) is 0 Å². The number of benzene rings is 2. The minimum Gasteiger partial charge on any atom is -0.497 e. The molecular weight excluding hydrogens is 292 g/mol. The molecule has 23 heavy (non-hydrogen) atoms. The van der Waals surface area contributed by atoms with E-state index in [-0.39, 0.29) is 0 Å². The highest BCUT2D eigenvalue weighted by atomic mass is 16.5. The maximum absolute atomic E-state index is 6.26. The van der Waals surface area contributed by atoms with Gasteiger partial charge in [-0.1, -0.05) is 24.3 Å². The number of nitrogens with zero attached hydrogens (tertiary/aromatic N) is 2. The Morgan fingerprint density at radius 2 is 1.74 bits per heavy atom. The fourth-order valence-corrected chi connectivity index (χ4v) is 2.33. The molecule has 6 heteroatoms. The second kappa shape index (κ2) is 6.50. The Balaban J connectivity index is 1.88. The molecule has 3 N–H and O–H groups in total. The Labute approximate surface area is 134 Å². The van der Waals surface area contributed by atoms with Crippen molar-refractivity contribution >= 4 is 0 Å². The summed E-state index contributed by atoms with van der Waals surface area (Å²) in [7, 11) is 3.25. The molecule has 0 saturated heterocycles. The number of aromatic amines is 1. The molecule has 118 valence electrons. The molecule has 0 amide bonds. The number of methoxy groups -OCH3 is 2. The number of aromatic nitrogens is 3. The number of ether oxygens (including phenoxy) is 2. The van der Waals surface area contributed by atoms with Crippen molar-refractivity contribution in [2.75, 3.05) is 14.2 Å². The van der Waals surface area contributed by atoms with Gasteiger partial charge in [0.15, 0.2) is 5.82 Å². The first-order valence-corrected chi connectivity index (χ1v) is 7.18. The molecule has 3 aromatic rings. The molecule has 0 fully saturated rings. The summed E-state index contributed by atoms with van der Waals surface area (Å²) >= 11 is 0. The van der Waals surface area contributed by atoms with Crippen LogP contribution in [-0.4, -0.2) is 29.4 Å². The molecule has 1 heterocycles. The number of rotatable bonds is 5. The van der Waals surface area contributed by atoms with Crippen molar-refractivity contribution < 1.29 is 9.47 Å². The van der Waals surface area contributed by atoms with Crippen LogP contribution in [0.15, 0.2) is 48.5 Å². The van der Waals surface area contributed by atoms with Crippen molar-refractivity contribution in [1.29, 1.82) is 0 Å². The topological polar surface area (TPSA) is 86.1 Å². The molecule has 0 aliphatic carbocycles. The summed E-state index contributed by atoms with van der Waals surface area (Å²) in [4.78, 5) is 4.51. The Bertz CT molecular complexity index is 783. The van der Waals surface area contributed by atoms with E-state index in [1.807, 2.05) is 48.5 Å². The number of nitrogens with two attached hydrogens (primary N) is 1. The fourth-order valence-electron chi connectivity index (χ4n) is 2.33. The van der Waals surface area contributed by atoms with Gasteiger partial charge in [0.05, 0.1) is 25.8 Å². The summed E-state index contributed by atoms with van der Waals surface area (Å²) in [6.07, 6.45) is 0.